The Morgan fingerprint density at radius 3 is 2.81 bits per heavy atom. The first-order valence-corrected chi connectivity index (χ1v) is 9.26. The third kappa shape index (κ3) is 2.18. The van der Waals surface area contributed by atoms with Crippen molar-refractivity contribution in [2.45, 2.75) is 37.5 Å². The number of hydrogen-bond donors (Lipinski definition) is 1. The van der Waals surface area contributed by atoms with Gasteiger partial charge in [-0.2, -0.15) is 4.98 Å². The summed E-state index contributed by atoms with van der Waals surface area (Å²) < 4.78 is 5.68. The van der Waals surface area contributed by atoms with E-state index >= 15 is 0 Å². The molecule has 0 spiro atoms. The zero-order valence-electron chi connectivity index (χ0n) is 14.4. The molecule has 0 bridgehead atoms. The molecule has 3 heterocycles. The number of rotatable bonds is 3. The van der Waals surface area contributed by atoms with Crippen molar-refractivity contribution in [3.8, 4) is 11.5 Å². The zero-order valence-corrected chi connectivity index (χ0v) is 14.4. The number of hydrogen-bond acceptors (Lipinski definition) is 5. The first-order valence-electron chi connectivity index (χ1n) is 9.26. The van der Waals surface area contributed by atoms with Gasteiger partial charge in [-0.05, 0) is 36.6 Å². The molecule has 6 heteroatoms. The van der Waals surface area contributed by atoms with Crippen LogP contribution in [0.4, 0.5) is 0 Å². The molecule has 0 radical (unpaired) electrons. The van der Waals surface area contributed by atoms with Crippen LogP contribution >= 0.6 is 0 Å². The molecule has 5 rings (SSSR count). The molecule has 1 amide bonds. The lowest BCUT2D eigenvalue weighted by atomic mass is 9.73. The molecule has 1 atom stereocenters. The van der Waals surface area contributed by atoms with Gasteiger partial charge in [0.15, 0.2) is 0 Å². The summed E-state index contributed by atoms with van der Waals surface area (Å²) in [5.41, 5.74) is 0.0184. The van der Waals surface area contributed by atoms with E-state index in [1.54, 1.807) is 6.20 Å². The van der Waals surface area contributed by atoms with Crippen LogP contribution in [0.25, 0.3) is 22.3 Å². The van der Waals surface area contributed by atoms with Crippen molar-refractivity contribution in [3.63, 3.8) is 0 Å². The van der Waals surface area contributed by atoms with Crippen LogP contribution < -0.4 is 5.32 Å². The van der Waals surface area contributed by atoms with Crippen molar-refractivity contribution >= 4 is 16.7 Å². The maximum Gasteiger partial charge on any atom is 0.243 e. The molecule has 6 nitrogen and oxygen atoms in total. The van der Waals surface area contributed by atoms with Gasteiger partial charge < -0.3 is 9.84 Å². The van der Waals surface area contributed by atoms with Crippen LogP contribution in [-0.4, -0.2) is 27.6 Å². The highest BCUT2D eigenvalue weighted by Crippen LogP contribution is 2.46. The average Bonchev–Trinajstić information content (AvgIpc) is 3.42. The van der Waals surface area contributed by atoms with E-state index in [0.717, 1.165) is 42.9 Å². The second-order valence-corrected chi connectivity index (χ2v) is 7.26. The number of nitrogens with zero attached hydrogens (tertiary/aromatic N) is 3. The number of carbonyl (C=O) groups is 1. The molecule has 2 fully saturated rings. The van der Waals surface area contributed by atoms with E-state index in [1.165, 1.54) is 0 Å². The summed E-state index contributed by atoms with van der Waals surface area (Å²) in [6.45, 7) is 0.666. The lowest BCUT2D eigenvalue weighted by Crippen LogP contribution is -2.41. The lowest BCUT2D eigenvalue weighted by molar-refractivity contribution is -0.126. The predicted molar refractivity (Wildman–Crippen MR) is 96.3 cm³/mol. The Morgan fingerprint density at radius 1 is 1.15 bits per heavy atom. The van der Waals surface area contributed by atoms with Crippen molar-refractivity contribution in [1.29, 1.82) is 0 Å². The molecule has 1 aliphatic carbocycles. The van der Waals surface area contributed by atoms with E-state index < -0.39 is 5.41 Å². The fourth-order valence-corrected chi connectivity index (χ4v) is 4.63. The summed E-state index contributed by atoms with van der Waals surface area (Å²) in [5, 5.41) is 9.24. The van der Waals surface area contributed by atoms with E-state index in [4.69, 9.17) is 4.52 Å². The Bertz CT molecular complexity index is 971. The third-order valence-corrected chi connectivity index (χ3v) is 5.96. The monoisotopic (exact) mass is 348 g/mol. The maximum atomic E-state index is 12.8. The number of benzene rings is 1. The van der Waals surface area contributed by atoms with Gasteiger partial charge >= 0.3 is 0 Å². The number of aromatic nitrogens is 3. The van der Waals surface area contributed by atoms with Crippen LogP contribution in [0.2, 0.25) is 0 Å². The van der Waals surface area contributed by atoms with Crippen LogP contribution in [0.1, 0.15) is 38.0 Å². The minimum Gasteiger partial charge on any atom is -0.355 e. The first-order chi connectivity index (χ1) is 12.8. The normalized spacial score (nSPS) is 23.6. The molecule has 1 unspecified atom stereocenters. The standard InChI is InChI=1S/C20H20N4O2/c25-18-20(10-12-22-18,14-6-2-3-7-14)19-23-17(24-26-19)16-15-8-4-1-5-13(15)9-11-21-16/h1,4-5,8-9,11,14H,2-3,6-7,10,12H2,(H,22,25). The molecule has 132 valence electrons. The average molecular weight is 348 g/mol. The summed E-state index contributed by atoms with van der Waals surface area (Å²) in [6.07, 6.45) is 6.87. The van der Waals surface area contributed by atoms with Crippen molar-refractivity contribution in [2.75, 3.05) is 6.54 Å². The topological polar surface area (TPSA) is 80.9 Å². The first kappa shape index (κ1) is 15.5. The van der Waals surface area contributed by atoms with Gasteiger partial charge in [0.05, 0.1) is 0 Å². The SMILES string of the molecule is O=C1NCCC1(c1nc(-c2nccc3ccccc23)no1)C1CCCC1. The van der Waals surface area contributed by atoms with Crippen LogP contribution in [-0.2, 0) is 10.2 Å². The lowest BCUT2D eigenvalue weighted by Gasteiger charge is -2.28. The molecular formula is C20H20N4O2. The Labute approximate surface area is 151 Å². The van der Waals surface area contributed by atoms with Gasteiger partial charge in [-0.3, -0.25) is 9.78 Å². The van der Waals surface area contributed by atoms with Crippen LogP contribution in [0.15, 0.2) is 41.1 Å². The molecule has 1 aromatic carbocycles. The smallest absolute Gasteiger partial charge is 0.243 e. The van der Waals surface area contributed by atoms with Gasteiger partial charge in [-0.25, -0.2) is 0 Å². The Morgan fingerprint density at radius 2 is 2.00 bits per heavy atom. The number of carbonyl (C=O) groups excluding carboxylic acids is 1. The molecule has 2 aromatic heterocycles. The molecule has 1 aliphatic heterocycles. The quantitative estimate of drug-likeness (QED) is 0.786. The summed E-state index contributed by atoms with van der Waals surface area (Å²) in [6, 6.07) is 9.96. The van der Waals surface area contributed by atoms with Gasteiger partial charge in [0.2, 0.25) is 17.6 Å². The van der Waals surface area contributed by atoms with E-state index in [0.29, 0.717) is 24.0 Å². The molecule has 1 saturated heterocycles. The molecular weight excluding hydrogens is 328 g/mol. The maximum absolute atomic E-state index is 12.8. The van der Waals surface area contributed by atoms with Gasteiger partial charge in [0, 0.05) is 18.1 Å². The molecule has 26 heavy (non-hydrogen) atoms. The van der Waals surface area contributed by atoms with Crippen molar-refractivity contribution in [2.24, 2.45) is 5.92 Å². The third-order valence-electron chi connectivity index (χ3n) is 5.96. The molecule has 1 saturated carbocycles. The van der Waals surface area contributed by atoms with E-state index in [1.807, 2.05) is 30.3 Å². The zero-order chi connectivity index (χ0) is 17.6. The second-order valence-electron chi connectivity index (χ2n) is 7.26. The summed E-state index contributed by atoms with van der Waals surface area (Å²) in [4.78, 5) is 21.9. The Balaban J connectivity index is 1.62. The number of fused-ring (bicyclic) bond motifs is 1. The van der Waals surface area contributed by atoms with E-state index in [9.17, 15) is 4.79 Å². The minimum atomic E-state index is -0.674. The molecule has 1 N–H and O–H groups in total. The van der Waals surface area contributed by atoms with Crippen molar-refractivity contribution in [3.05, 3.63) is 42.4 Å². The highest BCUT2D eigenvalue weighted by atomic mass is 16.5. The van der Waals surface area contributed by atoms with Crippen LogP contribution in [0.5, 0.6) is 0 Å². The highest BCUT2D eigenvalue weighted by Gasteiger charge is 2.54. The van der Waals surface area contributed by atoms with Crippen LogP contribution in [0, 0.1) is 5.92 Å². The number of amides is 1. The highest BCUT2D eigenvalue weighted by molar-refractivity contribution is 5.93. The number of nitrogens with one attached hydrogen (secondary N) is 1. The van der Waals surface area contributed by atoms with Crippen molar-refractivity contribution in [1.82, 2.24) is 20.4 Å². The van der Waals surface area contributed by atoms with Crippen molar-refractivity contribution < 1.29 is 9.32 Å². The van der Waals surface area contributed by atoms with E-state index in [-0.39, 0.29) is 11.8 Å². The summed E-state index contributed by atoms with van der Waals surface area (Å²) in [5.74, 6) is 1.21. The molecule has 3 aromatic rings. The predicted octanol–water partition coefficient (Wildman–Crippen LogP) is 3.23. The van der Waals surface area contributed by atoms with Gasteiger partial charge in [0.25, 0.3) is 0 Å². The Hall–Kier alpha value is -2.76. The minimum absolute atomic E-state index is 0.0329. The van der Waals surface area contributed by atoms with Gasteiger partial charge in [-0.15, -0.1) is 0 Å². The van der Waals surface area contributed by atoms with Gasteiger partial charge in [-0.1, -0.05) is 42.3 Å². The summed E-state index contributed by atoms with van der Waals surface area (Å²) >= 11 is 0. The fraction of sp³-hybridized carbons (Fsp3) is 0.400. The van der Waals surface area contributed by atoms with E-state index in [2.05, 4.69) is 20.4 Å². The Kier molecular flexibility index (Phi) is 3.51. The van der Waals surface area contributed by atoms with Crippen LogP contribution in [0.3, 0.4) is 0 Å². The fourth-order valence-electron chi connectivity index (χ4n) is 4.63. The molecule has 2 aliphatic rings. The largest absolute Gasteiger partial charge is 0.355 e. The summed E-state index contributed by atoms with van der Waals surface area (Å²) in [7, 11) is 0. The second kappa shape index (κ2) is 5.90. The number of pyridine rings is 1. The van der Waals surface area contributed by atoms with Gasteiger partial charge in [0.1, 0.15) is 11.1 Å².